The van der Waals surface area contributed by atoms with Crippen LogP contribution in [-0.4, -0.2) is 29.8 Å². The first-order valence-corrected chi connectivity index (χ1v) is 9.11. The van der Waals surface area contributed by atoms with Crippen molar-refractivity contribution in [2.45, 2.75) is 19.9 Å². The van der Waals surface area contributed by atoms with E-state index in [0.29, 0.717) is 40.4 Å². The Morgan fingerprint density at radius 3 is 2.71 bits per heavy atom. The lowest BCUT2D eigenvalue weighted by Gasteiger charge is -2.14. The molecule has 0 aliphatic heterocycles. The molecule has 0 spiro atoms. The third kappa shape index (κ3) is 4.26. The van der Waals surface area contributed by atoms with Crippen LogP contribution < -0.4 is 14.8 Å². The van der Waals surface area contributed by atoms with E-state index in [2.05, 4.69) is 15.5 Å². The first kappa shape index (κ1) is 19.7. The van der Waals surface area contributed by atoms with Crippen molar-refractivity contribution in [3.05, 3.63) is 58.9 Å². The molecule has 3 rings (SSSR count). The highest BCUT2D eigenvalue weighted by atomic mass is 35.5. The van der Waals surface area contributed by atoms with E-state index in [9.17, 15) is 4.79 Å². The van der Waals surface area contributed by atoms with Gasteiger partial charge in [0, 0.05) is 11.1 Å². The fourth-order valence-corrected chi connectivity index (χ4v) is 2.85. The monoisotopic (exact) mass is 401 g/mol. The molecule has 1 atom stereocenters. The van der Waals surface area contributed by atoms with Crippen molar-refractivity contribution in [2.24, 2.45) is 0 Å². The third-order valence-electron chi connectivity index (χ3n) is 3.98. The number of nitrogens with one attached hydrogen (secondary N) is 1. The molecule has 1 aromatic heterocycles. The zero-order valence-electron chi connectivity index (χ0n) is 15.7. The number of ether oxygens (including phenoxy) is 2. The fourth-order valence-electron chi connectivity index (χ4n) is 2.59. The van der Waals surface area contributed by atoms with Gasteiger partial charge in [-0.2, -0.15) is 4.98 Å². The maximum absolute atomic E-state index is 12.6. The summed E-state index contributed by atoms with van der Waals surface area (Å²) in [6.45, 7) is 4.04. The number of hydrogen-bond acceptors (Lipinski definition) is 6. The number of benzene rings is 2. The average Bonchev–Trinajstić information content (AvgIpc) is 3.20. The topological polar surface area (TPSA) is 86.5 Å². The number of rotatable bonds is 7. The van der Waals surface area contributed by atoms with Crippen LogP contribution in [0.15, 0.2) is 47.0 Å². The molecule has 1 N–H and O–H groups in total. The summed E-state index contributed by atoms with van der Waals surface area (Å²) in [7, 11) is 1.49. The van der Waals surface area contributed by atoms with E-state index in [1.165, 1.54) is 13.2 Å². The summed E-state index contributed by atoms with van der Waals surface area (Å²) < 4.78 is 16.0. The zero-order valence-corrected chi connectivity index (χ0v) is 16.5. The standard InChI is InChI=1S/C20H20ClN3O4/c1-4-27-17-15(21)10-14(11-16(17)26-3)19(25)22-12(2)18-23-20(28-24-18)13-8-6-5-7-9-13/h5-12H,4H2,1-3H3,(H,22,25). The molecule has 0 aliphatic rings. The largest absolute Gasteiger partial charge is 0.493 e. The Morgan fingerprint density at radius 1 is 1.29 bits per heavy atom. The average molecular weight is 402 g/mol. The van der Waals surface area contributed by atoms with Gasteiger partial charge in [-0.15, -0.1) is 0 Å². The molecule has 1 amide bonds. The Labute approximate surface area is 167 Å². The van der Waals surface area contributed by atoms with E-state index in [4.69, 9.17) is 25.6 Å². The molecule has 1 heterocycles. The maximum atomic E-state index is 12.6. The van der Waals surface area contributed by atoms with Crippen molar-refractivity contribution in [3.8, 4) is 23.0 Å². The van der Waals surface area contributed by atoms with Crippen LogP contribution in [0.3, 0.4) is 0 Å². The lowest BCUT2D eigenvalue weighted by atomic mass is 10.1. The van der Waals surface area contributed by atoms with Crippen LogP contribution in [0.25, 0.3) is 11.5 Å². The lowest BCUT2D eigenvalue weighted by Crippen LogP contribution is -2.27. The summed E-state index contributed by atoms with van der Waals surface area (Å²) in [5.74, 6) is 1.21. The number of carbonyl (C=O) groups excluding carboxylic acids is 1. The summed E-state index contributed by atoms with van der Waals surface area (Å²) in [5.41, 5.74) is 1.15. The second-order valence-corrected chi connectivity index (χ2v) is 6.35. The van der Waals surface area contributed by atoms with Crippen molar-refractivity contribution in [1.82, 2.24) is 15.5 Å². The molecule has 0 fully saturated rings. The first-order valence-electron chi connectivity index (χ1n) is 8.73. The van der Waals surface area contributed by atoms with Gasteiger partial charge in [-0.1, -0.05) is 35.0 Å². The molecule has 7 nitrogen and oxygen atoms in total. The summed E-state index contributed by atoms with van der Waals surface area (Å²) in [6, 6.07) is 12.0. The van der Waals surface area contributed by atoms with E-state index < -0.39 is 6.04 Å². The van der Waals surface area contributed by atoms with Crippen molar-refractivity contribution < 1.29 is 18.8 Å². The van der Waals surface area contributed by atoms with E-state index in [1.807, 2.05) is 37.3 Å². The maximum Gasteiger partial charge on any atom is 0.257 e. The predicted octanol–water partition coefficient (Wildman–Crippen LogP) is 4.29. The van der Waals surface area contributed by atoms with Gasteiger partial charge in [0.1, 0.15) is 0 Å². The molecular weight excluding hydrogens is 382 g/mol. The highest BCUT2D eigenvalue weighted by Gasteiger charge is 2.20. The highest BCUT2D eigenvalue weighted by Crippen LogP contribution is 2.36. The number of methoxy groups -OCH3 is 1. The van der Waals surface area contributed by atoms with Gasteiger partial charge >= 0.3 is 0 Å². The van der Waals surface area contributed by atoms with Crippen LogP contribution in [0.5, 0.6) is 11.5 Å². The van der Waals surface area contributed by atoms with E-state index in [0.717, 1.165) is 5.56 Å². The van der Waals surface area contributed by atoms with E-state index in [1.54, 1.807) is 13.0 Å². The summed E-state index contributed by atoms with van der Waals surface area (Å²) in [6.07, 6.45) is 0. The first-order chi connectivity index (χ1) is 13.5. The second-order valence-electron chi connectivity index (χ2n) is 5.94. The van der Waals surface area contributed by atoms with E-state index >= 15 is 0 Å². The molecule has 0 saturated heterocycles. The highest BCUT2D eigenvalue weighted by molar-refractivity contribution is 6.32. The molecule has 8 heteroatoms. The number of nitrogens with zero attached hydrogens (tertiary/aromatic N) is 2. The number of halogens is 1. The Balaban J connectivity index is 1.76. The normalized spacial score (nSPS) is 11.7. The minimum absolute atomic E-state index is 0.296. The van der Waals surface area contributed by atoms with Crippen LogP contribution in [0.2, 0.25) is 5.02 Å². The lowest BCUT2D eigenvalue weighted by molar-refractivity contribution is 0.0937. The minimum atomic E-state index is -0.468. The molecule has 0 bridgehead atoms. The number of aromatic nitrogens is 2. The number of carbonyl (C=O) groups is 1. The fraction of sp³-hybridized carbons (Fsp3) is 0.250. The van der Waals surface area contributed by atoms with Gasteiger partial charge in [0.05, 0.1) is 24.8 Å². The van der Waals surface area contributed by atoms with Gasteiger partial charge < -0.3 is 19.3 Å². The van der Waals surface area contributed by atoms with Gasteiger partial charge in [-0.3, -0.25) is 4.79 Å². The zero-order chi connectivity index (χ0) is 20.1. The van der Waals surface area contributed by atoms with Crippen LogP contribution in [0.1, 0.15) is 36.1 Å². The molecule has 0 aliphatic carbocycles. The minimum Gasteiger partial charge on any atom is -0.493 e. The van der Waals surface area contributed by atoms with Gasteiger partial charge in [-0.25, -0.2) is 0 Å². The molecule has 146 valence electrons. The van der Waals surface area contributed by atoms with Crippen LogP contribution in [0, 0.1) is 0 Å². The smallest absolute Gasteiger partial charge is 0.257 e. The van der Waals surface area contributed by atoms with Gasteiger partial charge in [0.25, 0.3) is 11.8 Å². The van der Waals surface area contributed by atoms with Gasteiger partial charge in [-0.05, 0) is 38.1 Å². The van der Waals surface area contributed by atoms with E-state index in [-0.39, 0.29) is 5.91 Å². The SMILES string of the molecule is CCOc1c(Cl)cc(C(=O)NC(C)c2noc(-c3ccccc3)n2)cc1OC. The van der Waals surface area contributed by atoms with Gasteiger partial charge in [0.15, 0.2) is 17.3 Å². The molecule has 3 aromatic rings. The Hall–Kier alpha value is -3.06. The Bertz CT molecular complexity index is 959. The number of amides is 1. The Morgan fingerprint density at radius 2 is 2.04 bits per heavy atom. The van der Waals surface area contributed by atoms with Crippen LogP contribution in [-0.2, 0) is 0 Å². The quantitative estimate of drug-likeness (QED) is 0.635. The third-order valence-corrected chi connectivity index (χ3v) is 4.26. The van der Waals surface area contributed by atoms with Crippen molar-refractivity contribution in [3.63, 3.8) is 0 Å². The molecule has 28 heavy (non-hydrogen) atoms. The van der Waals surface area contributed by atoms with Gasteiger partial charge in [0.2, 0.25) is 0 Å². The molecule has 0 saturated carbocycles. The summed E-state index contributed by atoms with van der Waals surface area (Å²) >= 11 is 6.24. The van der Waals surface area contributed by atoms with Crippen LogP contribution >= 0.6 is 11.6 Å². The van der Waals surface area contributed by atoms with Crippen molar-refractivity contribution in [1.29, 1.82) is 0 Å². The molecular formula is C20H20ClN3O4. The number of hydrogen-bond donors (Lipinski definition) is 1. The predicted molar refractivity (Wildman–Crippen MR) is 105 cm³/mol. The summed E-state index contributed by atoms with van der Waals surface area (Å²) in [5, 5.41) is 7.08. The molecule has 1 unspecified atom stereocenters. The Kier molecular flexibility index (Phi) is 6.16. The van der Waals surface area contributed by atoms with Crippen molar-refractivity contribution >= 4 is 17.5 Å². The summed E-state index contributed by atoms with van der Waals surface area (Å²) in [4.78, 5) is 17.0. The molecule has 2 aromatic carbocycles. The van der Waals surface area contributed by atoms with Crippen molar-refractivity contribution in [2.75, 3.05) is 13.7 Å². The van der Waals surface area contributed by atoms with Crippen LogP contribution in [0.4, 0.5) is 0 Å². The molecule has 0 radical (unpaired) electrons. The second kappa shape index (κ2) is 8.75.